The molecule has 0 aliphatic rings. The monoisotopic (exact) mass is 327 g/mol. The Balaban J connectivity index is 1.98. The van der Waals surface area contributed by atoms with Gasteiger partial charge in [0.1, 0.15) is 6.54 Å². The first-order valence-corrected chi connectivity index (χ1v) is 7.08. The molecule has 2 aromatic rings. The average molecular weight is 328 g/mol. The van der Waals surface area contributed by atoms with E-state index in [4.69, 9.17) is 28.9 Å². The van der Waals surface area contributed by atoms with Crippen LogP contribution >= 0.6 is 23.2 Å². The van der Waals surface area contributed by atoms with Gasteiger partial charge >= 0.3 is 0 Å². The SMILES string of the molecule is CC(NC(=O)Cn1cc(CN)nn1)c1ccc(Cl)cc1Cl. The summed E-state index contributed by atoms with van der Waals surface area (Å²) in [6, 6.07) is 4.93. The second-order valence-corrected chi connectivity index (χ2v) is 5.41. The Labute approximate surface area is 132 Å². The fraction of sp³-hybridized carbons (Fsp3) is 0.308. The summed E-state index contributed by atoms with van der Waals surface area (Å²) in [7, 11) is 0. The fourth-order valence-corrected chi connectivity index (χ4v) is 2.45. The predicted molar refractivity (Wildman–Crippen MR) is 80.9 cm³/mol. The fourth-order valence-electron chi connectivity index (χ4n) is 1.87. The van der Waals surface area contributed by atoms with Gasteiger partial charge in [0.05, 0.1) is 17.9 Å². The summed E-state index contributed by atoms with van der Waals surface area (Å²) in [5, 5.41) is 11.6. The van der Waals surface area contributed by atoms with Crippen molar-refractivity contribution in [2.24, 2.45) is 5.73 Å². The third kappa shape index (κ3) is 4.17. The lowest BCUT2D eigenvalue weighted by Gasteiger charge is -2.15. The lowest BCUT2D eigenvalue weighted by molar-refractivity contribution is -0.122. The molecule has 0 saturated carbocycles. The lowest BCUT2D eigenvalue weighted by atomic mass is 10.1. The molecule has 1 unspecified atom stereocenters. The van der Waals surface area contributed by atoms with Crippen LogP contribution in [0.5, 0.6) is 0 Å². The molecule has 6 nitrogen and oxygen atoms in total. The highest BCUT2D eigenvalue weighted by Crippen LogP contribution is 2.25. The maximum absolute atomic E-state index is 12.0. The lowest BCUT2D eigenvalue weighted by Crippen LogP contribution is -2.30. The normalized spacial score (nSPS) is 12.2. The molecule has 0 spiro atoms. The van der Waals surface area contributed by atoms with E-state index in [-0.39, 0.29) is 18.5 Å². The van der Waals surface area contributed by atoms with Crippen molar-refractivity contribution in [1.82, 2.24) is 20.3 Å². The number of halogens is 2. The van der Waals surface area contributed by atoms with E-state index in [9.17, 15) is 4.79 Å². The maximum atomic E-state index is 12.0. The van der Waals surface area contributed by atoms with Crippen molar-refractivity contribution in [3.63, 3.8) is 0 Å². The zero-order valence-electron chi connectivity index (χ0n) is 11.4. The molecule has 21 heavy (non-hydrogen) atoms. The van der Waals surface area contributed by atoms with Crippen molar-refractivity contribution in [2.75, 3.05) is 0 Å². The topological polar surface area (TPSA) is 85.8 Å². The van der Waals surface area contributed by atoms with E-state index >= 15 is 0 Å². The van der Waals surface area contributed by atoms with Crippen LogP contribution < -0.4 is 11.1 Å². The van der Waals surface area contributed by atoms with E-state index in [1.54, 1.807) is 24.4 Å². The summed E-state index contributed by atoms with van der Waals surface area (Å²) in [5.74, 6) is -0.193. The van der Waals surface area contributed by atoms with E-state index in [2.05, 4.69) is 15.6 Å². The van der Waals surface area contributed by atoms with Crippen LogP contribution in [0.25, 0.3) is 0 Å². The van der Waals surface area contributed by atoms with Crippen LogP contribution in [-0.2, 0) is 17.9 Å². The number of nitrogens with zero attached hydrogens (tertiary/aromatic N) is 3. The highest BCUT2D eigenvalue weighted by molar-refractivity contribution is 6.35. The number of nitrogens with two attached hydrogens (primary N) is 1. The van der Waals surface area contributed by atoms with Crippen LogP contribution in [0.3, 0.4) is 0 Å². The van der Waals surface area contributed by atoms with Crippen molar-refractivity contribution in [3.05, 3.63) is 45.7 Å². The molecule has 1 aromatic carbocycles. The molecule has 0 aliphatic carbocycles. The summed E-state index contributed by atoms with van der Waals surface area (Å²) < 4.78 is 1.44. The van der Waals surface area contributed by atoms with Crippen LogP contribution in [0.2, 0.25) is 10.0 Å². The highest BCUT2D eigenvalue weighted by Gasteiger charge is 2.13. The summed E-state index contributed by atoms with van der Waals surface area (Å²) in [5.41, 5.74) is 6.87. The molecule has 1 aromatic heterocycles. The molecule has 0 fully saturated rings. The molecule has 2 rings (SSSR count). The summed E-state index contributed by atoms with van der Waals surface area (Å²) in [6.07, 6.45) is 1.64. The molecule has 0 bridgehead atoms. The number of carbonyl (C=O) groups excluding carboxylic acids is 1. The Hall–Kier alpha value is -1.63. The second kappa shape index (κ2) is 6.89. The van der Waals surface area contributed by atoms with Gasteiger partial charge in [-0.15, -0.1) is 5.10 Å². The number of rotatable bonds is 5. The molecule has 0 aliphatic heterocycles. The Morgan fingerprint density at radius 2 is 2.24 bits per heavy atom. The van der Waals surface area contributed by atoms with Gasteiger partial charge in [-0.05, 0) is 24.6 Å². The Morgan fingerprint density at radius 1 is 1.48 bits per heavy atom. The van der Waals surface area contributed by atoms with E-state index < -0.39 is 0 Å². The van der Waals surface area contributed by atoms with Crippen LogP contribution in [0.4, 0.5) is 0 Å². The molecule has 1 atom stereocenters. The number of hydrogen-bond acceptors (Lipinski definition) is 4. The molecule has 112 valence electrons. The van der Waals surface area contributed by atoms with Crippen LogP contribution in [-0.4, -0.2) is 20.9 Å². The molecule has 1 heterocycles. The predicted octanol–water partition coefficient (Wildman–Crippen LogP) is 1.92. The van der Waals surface area contributed by atoms with Gasteiger partial charge in [0, 0.05) is 16.6 Å². The molecule has 3 N–H and O–H groups in total. The van der Waals surface area contributed by atoms with Gasteiger partial charge in [-0.1, -0.05) is 34.5 Å². The van der Waals surface area contributed by atoms with Gasteiger partial charge in [0.2, 0.25) is 5.91 Å². The van der Waals surface area contributed by atoms with Gasteiger partial charge in [-0.25, -0.2) is 4.68 Å². The highest BCUT2D eigenvalue weighted by atomic mass is 35.5. The van der Waals surface area contributed by atoms with Crippen molar-refractivity contribution in [2.45, 2.75) is 26.1 Å². The van der Waals surface area contributed by atoms with Crippen LogP contribution in [0, 0.1) is 0 Å². The van der Waals surface area contributed by atoms with E-state index in [1.165, 1.54) is 4.68 Å². The zero-order chi connectivity index (χ0) is 15.4. The van der Waals surface area contributed by atoms with Crippen LogP contribution in [0.15, 0.2) is 24.4 Å². The number of aromatic nitrogens is 3. The molecule has 0 radical (unpaired) electrons. The first-order chi connectivity index (χ1) is 9.99. The number of nitrogens with one attached hydrogen (secondary N) is 1. The standard InChI is InChI=1S/C13H15Cl2N5O/c1-8(11-3-2-9(14)4-12(11)15)17-13(21)7-20-6-10(5-16)18-19-20/h2-4,6,8H,5,7,16H2,1H3,(H,17,21). The largest absolute Gasteiger partial charge is 0.348 e. The number of amides is 1. The molecule has 1 amide bonds. The Morgan fingerprint density at radius 3 is 2.86 bits per heavy atom. The van der Waals surface area contributed by atoms with E-state index in [0.717, 1.165) is 5.56 Å². The van der Waals surface area contributed by atoms with Crippen LogP contribution in [0.1, 0.15) is 24.2 Å². The smallest absolute Gasteiger partial charge is 0.242 e. The van der Waals surface area contributed by atoms with Gasteiger partial charge in [0.15, 0.2) is 0 Å². The van der Waals surface area contributed by atoms with E-state index in [0.29, 0.717) is 22.3 Å². The van der Waals surface area contributed by atoms with Gasteiger partial charge in [0.25, 0.3) is 0 Å². The van der Waals surface area contributed by atoms with Crippen molar-refractivity contribution < 1.29 is 4.79 Å². The number of benzene rings is 1. The Bertz CT molecular complexity index is 643. The van der Waals surface area contributed by atoms with Crippen molar-refractivity contribution in [3.8, 4) is 0 Å². The summed E-state index contributed by atoms with van der Waals surface area (Å²) >= 11 is 12.0. The summed E-state index contributed by atoms with van der Waals surface area (Å²) in [6.45, 7) is 2.21. The third-order valence-electron chi connectivity index (χ3n) is 2.91. The molecule has 8 heteroatoms. The van der Waals surface area contributed by atoms with Gasteiger partial charge in [-0.2, -0.15) is 0 Å². The Kier molecular flexibility index (Phi) is 5.17. The molecular weight excluding hydrogens is 313 g/mol. The average Bonchev–Trinajstić information content (AvgIpc) is 2.85. The van der Waals surface area contributed by atoms with Gasteiger partial charge < -0.3 is 11.1 Å². The second-order valence-electron chi connectivity index (χ2n) is 4.57. The van der Waals surface area contributed by atoms with Crippen molar-refractivity contribution in [1.29, 1.82) is 0 Å². The maximum Gasteiger partial charge on any atom is 0.242 e. The minimum absolute atomic E-state index is 0.0720. The first kappa shape index (κ1) is 15.8. The molecular formula is C13H15Cl2N5O. The third-order valence-corrected chi connectivity index (χ3v) is 3.47. The van der Waals surface area contributed by atoms with Gasteiger partial charge in [-0.3, -0.25) is 4.79 Å². The number of carbonyl (C=O) groups is 1. The zero-order valence-corrected chi connectivity index (χ0v) is 12.9. The number of hydrogen-bond donors (Lipinski definition) is 2. The quantitative estimate of drug-likeness (QED) is 0.878. The minimum atomic E-state index is -0.236. The minimum Gasteiger partial charge on any atom is -0.348 e. The first-order valence-electron chi connectivity index (χ1n) is 6.33. The van der Waals surface area contributed by atoms with E-state index in [1.807, 2.05) is 6.92 Å². The van der Waals surface area contributed by atoms with Crippen molar-refractivity contribution >= 4 is 29.1 Å². The summed E-state index contributed by atoms with van der Waals surface area (Å²) in [4.78, 5) is 12.0. The molecule has 0 saturated heterocycles.